The van der Waals surface area contributed by atoms with Crippen molar-refractivity contribution in [3.8, 4) is 5.75 Å². The Morgan fingerprint density at radius 1 is 1.41 bits per heavy atom. The number of halogens is 1. The highest BCUT2D eigenvalue weighted by Gasteiger charge is 2.30. The number of carbonyl (C=O) groups excluding carboxylic acids is 1. The second-order valence-electron chi connectivity index (χ2n) is 7.19. The third kappa shape index (κ3) is 4.30. The van der Waals surface area contributed by atoms with Gasteiger partial charge in [0.2, 0.25) is 0 Å². The predicted octanol–water partition coefficient (Wildman–Crippen LogP) is 2.61. The SMILES string of the molecule is COc1cccc(F)c1C(=O)N1CCC[C@@H](c2nccn2CCN(C)C)C1. The van der Waals surface area contributed by atoms with Gasteiger partial charge in [0.25, 0.3) is 5.91 Å². The summed E-state index contributed by atoms with van der Waals surface area (Å²) in [6.45, 7) is 2.93. The standard InChI is InChI=1S/C20H27FN4O2/c1-23(2)12-13-24-11-9-22-19(24)15-6-5-10-25(14-15)20(26)18-16(21)7-4-8-17(18)27-3/h4,7-9,11,15H,5-6,10,12-14H2,1-3H3/t15-/m1/s1. The van der Waals surface area contributed by atoms with Crippen LogP contribution in [0.4, 0.5) is 4.39 Å². The van der Waals surface area contributed by atoms with Crippen LogP contribution in [0.1, 0.15) is 34.9 Å². The Bertz CT molecular complexity index is 790. The van der Waals surface area contributed by atoms with Crippen molar-refractivity contribution in [2.45, 2.75) is 25.3 Å². The van der Waals surface area contributed by atoms with E-state index in [-0.39, 0.29) is 23.1 Å². The summed E-state index contributed by atoms with van der Waals surface area (Å²) in [5.41, 5.74) is 0.0107. The predicted molar refractivity (Wildman–Crippen MR) is 102 cm³/mol. The summed E-state index contributed by atoms with van der Waals surface area (Å²) >= 11 is 0. The van der Waals surface area contributed by atoms with E-state index in [1.807, 2.05) is 26.5 Å². The van der Waals surface area contributed by atoms with E-state index in [4.69, 9.17) is 4.74 Å². The van der Waals surface area contributed by atoms with Crippen LogP contribution in [0.25, 0.3) is 0 Å². The fourth-order valence-corrected chi connectivity index (χ4v) is 3.59. The first kappa shape index (κ1) is 19.4. The van der Waals surface area contributed by atoms with Crippen LogP contribution in [0.5, 0.6) is 5.75 Å². The second-order valence-corrected chi connectivity index (χ2v) is 7.19. The van der Waals surface area contributed by atoms with Gasteiger partial charge in [-0.2, -0.15) is 0 Å². The van der Waals surface area contributed by atoms with Gasteiger partial charge in [0, 0.05) is 44.5 Å². The number of benzene rings is 1. The number of piperidine rings is 1. The van der Waals surface area contributed by atoms with E-state index in [0.717, 1.165) is 31.8 Å². The number of likely N-dealkylation sites (tertiary alicyclic amines) is 1. The van der Waals surface area contributed by atoms with E-state index in [2.05, 4.69) is 14.5 Å². The van der Waals surface area contributed by atoms with Gasteiger partial charge in [-0.3, -0.25) is 4.79 Å². The number of hydrogen-bond donors (Lipinski definition) is 0. The largest absolute Gasteiger partial charge is 0.496 e. The van der Waals surface area contributed by atoms with E-state index in [9.17, 15) is 9.18 Å². The minimum absolute atomic E-state index is 0.0107. The number of likely N-dealkylation sites (N-methyl/N-ethyl adjacent to an activating group) is 1. The van der Waals surface area contributed by atoms with E-state index < -0.39 is 5.82 Å². The fourth-order valence-electron chi connectivity index (χ4n) is 3.59. The van der Waals surface area contributed by atoms with Crippen LogP contribution >= 0.6 is 0 Å². The molecule has 1 fully saturated rings. The maximum Gasteiger partial charge on any atom is 0.260 e. The smallest absolute Gasteiger partial charge is 0.260 e. The van der Waals surface area contributed by atoms with E-state index in [1.165, 1.54) is 13.2 Å². The average Bonchev–Trinajstić information content (AvgIpc) is 3.14. The molecule has 1 aromatic carbocycles. The van der Waals surface area contributed by atoms with Crippen molar-refractivity contribution in [3.63, 3.8) is 0 Å². The molecule has 1 saturated heterocycles. The van der Waals surface area contributed by atoms with Gasteiger partial charge in [0.1, 0.15) is 23.0 Å². The number of ether oxygens (including phenoxy) is 1. The summed E-state index contributed by atoms with van der Waals surface area (Å²) in [4.78, 5) is 21.4. The second kappa shape index (κ2) is 8.52. The van der Waals surface area contributed by atoms with Crippen LogP contribution in [0.3, 0.4) is 0 Å². The number of amides is 1. The summed E-state index contributed by atoms with van der Waals surface area (Å²) in [5.74, 6) is 0.553. The van der Waals surface area contributed by atoms with Gasteiger partial charge in [-0.1, -0.05) is 6.07 Å². The van der Waals surface area contributed by atoms with Gasteiger partial charge in [-0.05, 0) is 39.1 Å². The molecular formula is C20H27FN4O2. The summed E-state index contributed by atoms with van der Waals surface area (Å²) in [5, 5.41) is 0. The van der Waals surface area contributed by atoms with Crippen molar-refractivity contribution in [1.29, 1.82) is 0 Å². The maximum absolute atomic E-state index is 14.3. The molecule has 7 heteroatoms. The fraction of sp³-hybridized carbons (Fsp3) is 0.500. The monoisotopic (exact) mass is 374 g/mol. The van der Waals surface area contributed by atoms with Gasteiger partial charge < -0.3 is 19.1 Å². The number of imidazole rings is 1. The first-order valence-electron chi connectivity index (χ1n) is 9.28. The Kier molecular flexibility index (Phi) is 6.11. The highest BCUT2D eigenvalue weighted by atomic mass is 19.1. The molecule has 0 bridgehead atoms. The number of hydrogen-bond acceptors (Lipinski definition) is 4. The molecule has 3 rings (SSSR count). The topological polar surface area (TPSA) is 50.6 Å². The molecule has 0 aliphatic carbocycles. The molecule has 0 unspecified atom stereocenters. The van der Waals surface area contributed by atoms with Crippen LogP contribution in [-0.4, -0.2) is 66.1 Å². The van der Waals surface area contributed by atoms with E-state index in [1.54, 1.807) is 17.0 Å². The Labute approximate surface area is 159 Å². The van der Waals surface area contributed by atoms with Gasteiger partial charge >= 0.3 is 0 Å². The Morgan fingerprint density at radius 2 is 2.22 bits per heavy atom. The number of nitrogens with zero attached hydrogens (tertiary/aromatic N) is 4. The molecule has 27 heavy (non-hydrogen) atoms. The molecular weight excluding hydrogens is 347 g/mol. The van der Waals surface area contributed by atoms with Crippen LogP contribution in [0, 0.1) is 5.82 Å². The van der Waals surface area contributed by atoms with Gasteiger partial charge in [-0.25, -0.2) is 9.37 Å². The highest BCUT2D eigenvalue weighted by molar-refractivity contribution is 5.97. The third-order valence-corrected chi connectivity index (χ3v) is 5.02. The highest BCUT2D eigenvalue weighted by Crippen LogP contribution is 2.29. The van der Waals surface area contributed by atoms with Crippen molar-refractivity contribution in [3.05, 3.63) is 47.8 Å². The van der Waals surface area contributed by atoms with Gasteiger partial charge in [-0.15, -0.1) is 0 Å². The molecule has 1 aliphatic heterocycles. The minimum Gasteiger partial charge on any atom is -0.496 e. The quantitative estimate of drug-likeness (QED) is 0.780. The maximum atomic E-state index is 14.3. The van der Waals surface area contributed by atoms with Gasteiger partial charge in [0.15, 0.2) is 0 Å². The Morgan fingerprint density at radius 3 is 2.96 bits per heavy atom. The van der Waals surface area contributed by atoms with Crippen LogP contribution in [0.2, 0.25) is 0 Å². The molecule has 0 radical (unpaired) electrons. The summed E-state index contributed by atoms with van der Waals surface area (Å²) in [6, 6.07) is 4.46. The van der Waals surface area contributed by atoms with Gasteiger partial charge in [0.05, 0.1) is 7.11 Å². The number of rotatable bonds is 6. The summed E-state index contributed by atoms with van der Waals surface area (Å²) < 4.78 is 21.7. The van der Waals surface area contributed by atoms with Crippen LogP contribution < -0.4 is 4.74 Å². The number of aromatic nitrogens is 2. The van der Waals surface area contributed by atoms with Crippen molar-refractivity contribution in [2.24, 2.45) is 0 Å². The zero-order valence-corrected chi connectivity index (χ0v) is 16.2. The normalized spacial score (nSPS) is 17.4. The molecule has 146 valence electrons. The molecule has 1 atom stereocenters. The number of carbonyl (C=O) groups is 1. The molecule has 6 nitrogen and oxygen atoms in total. The Hall–Kier alpha value is -2.41. The minimum atomic E-state index is -0.547. The molecule has 0 N–H and O–H groups in total. The average molecular weight is 374 g/mol. The zero-order valence-electron chi connectivity index (χ0n) is 16.2. The summed E-state index contributed by atoms with van der Waals surface area (Å²) in [6.07, 6.45) is 5.63. The lowest BCUT2D eigenvalue weighted by molar-refractivity contribution is 0.0694. The van der Waals surface area contributed by atoms with Crippen molar-refractivity contribution < 1.29 is 13.9 Å². The van der Waals surface area contributed by atoms with Crippen molar-refractivity contribution in [2.75, 3.05) is 40.8 Å². The van der Waals surface area contributed by atoms with E-state index in [0.29, 0.717) is 13.1 Å². The molecule has 2 aromatic rings. The first-order valence-corrected chi connectivity index (χ1v) is 9.28. The molecule has 1 amide bonds. The molecule has 1 aromatic heterocycles. The molecule has 2 heterocycles. The van der Waals surface area contributed by atoms with Crippen molar-refractivity contribution >= 4 is 5.91 Å². The van der Waals surface area contributed by atoms with Crippen LogP contribution in [-0.2, 0) is 6.54 Å². The first-order chi connectivity index (χ1) is 13.0. The third-order valence-electron chi connectivity index (χ3n) is 5.02. The lowest BCUT2D eigenvalue weighted by Gasteiger charge is -2.33. The molecule has 1 aliphatic rings. The lowest BCUT2D eigenvalue weighted by Crippen LogP contribution is -2.40. The molecule has 0 saturated carbocycles. The summed E-state index contributed by atoms with van der Waals surface area (Å²) in [7, 11) is 5.53. The Balaban J connectivity index is 1.77. The molecule has 0 spiro atoms. The van der Waals surface area contributed by atoms with Crippen LogP contribution in [0.15, 0.2) is 30.6 Å². The van der Waals surface area contributed by atoms with Crippen molar-refractivity contribution in [1.82, 2.24) is 19.4 Å². The number of methoxy groups -OCH3 is 1. The lowest BCUT2D eigenvalue weighted by atomic mass is 9.96. The van der Waals surface area contributed by atoms with E-state index >= 15 is 0 Å². The zero-order chi connectivity index (χ0) is 19.4.